The smallest absolute Gasteiger partial charge is 0.274 e. The summed E-state index contributed by atoms with van der Waals surface area (Å²) in [5.41, 5.74) is -3.80. The molecule has 5 rings (SSSR count). The van der Waals surface area contributed by atoms with Crippen molar-refractivity contribution in [2.75, 3.05) is 6.54 Å². The van der Waals surface area contributed by atoms with Crippen molar-refractivity contribution in [2.45, 2.75) is 57.0 Å². The van der Waals surface area contributed by atoms with E-state index in [-0.39, 0.29) is 24.7 Å². The first-order chi connectivity index (χ1) is 17.5. The Balaban J connectivity index is 1.57. The minimum atomic E-state index is -1.34. The van der Waals surface area contributed by atoms with Crippen LogP contribution in [-0.4, -0.2) is 61.5 Å². The van der Waals surface area contributed by atoms with Crippen molar-refractivity contribution in [1.82, 2.24) is 14.8 Å². The van der Waals surface area contributed by atoms with Crippen LogP contribution in [0.15, 0.2) is 28.3 Å². The van der Waals surface area contributed by atoms with Crippen molar-refractivity contribution < 1.29 is 37.8 Å². The normalized spacial score (nSPS) is 26.4. The maximum absolute atomic E-state index is 14.0. The Kier molecular flexibility index (Phi) is 5.77. The molecule has 2 aromatic rings. The molecule has 2 amide bonds. The minimum absolute atomic E-state index is 0.0439. The fourth-order valence-electron chi connectivity index (χ4n) is 5.30. The number of fused-ring (bicyclic) bond motifs is 5. The Morgan fingerprint density at radius 3 is 2.57 bits per heavy atom. The van der Waals surface area contributed by atoms with Crippen molar-refractivity contribution >= 4 is 17.5 Å². The number of halogens is 3. The zero-order valence-electron chi connectivity index (χ0n) is 19.8. The first-order valence-corrected chi connectivity index (χ1v) is 11.6. The van der Waals surface area contributed by atoms with Crippen molar-refractivity contribution in [3.8, 4) is 5.75 Å². The van der Waals surface area contributed by atoms with Crippen LogP contribution in [0.5, 0.6) is 5.75 Å². The number of hydrogen-bond donors (Lipinski definition) is 3. The zero-order valence-corrected chi connectivity index (χ0v) is 19.8. The highest BCUT2D eigenvalue weighted by molar-refractivity contribution is 5.99. The first kappa shape index (κ1) is 24.8. The molecule has 4 atom stereocenters. The van der Waals surface area contributed by atoms with Gasteiger partial charge < -0.3 is 29.8 Å². The number of aromatic hydroxyl groups is 1. The van der Waals surface area contributed by atoms with Gasteiger partial charge in [-0.1, -0.05) is 5.16 Å². The van der Waals surface area contributed by atoms with Crippen LogP contribution in [0.4, 0.5) is 13.2 Å². The average Bonchev–Trinajstić information content (AvgIpc) is 3.05. The molecule has 10 nitrogen and oxygen atoms in total. The SMILES string of the molecule is CC1=NO[C@@]2(CC[C@H](C)N3C[C@@H]2n2cc(C(=O)NCc4c(F)cc(F)cc4F)c(=O)c(O)c2C3=O)[C@H]1O. The number of aliphatic hydroxyl groups excluding tert-OH is 1. The van der Waals surface area contributed by atoms with E-state index in [1.54, 1.807) is 13.8 Å². The molecular weight excluding hydrogens is 497 g/mol. The summed E-state index contributed by atoms with van der Waals surface area (Å²) in [6.07, 6.45) is 0.616. The molecule has 37 heavy (non-hydrogen) atoms. The summed E-state index contributed by atoms with van der Waals surface area (Å²) < 4.78 is 42.4. The zero-order chi connectivity index (χ0) is 26.8. The summed E-state index contributed by atoms with van der Waals surface area (Å²) >= 11 is 0. The second-order valence-corrected chi connectivity index (χ2v) is 9.55. The molecule has 3 aliphatic heterocycles. The molecule has 1 spiro atoms. The van der Waals surface area contributed by atoms with Gasteiger partial charge in [0.05, 0.1) is 11.8 Å². The molecule has 2 bridgehead atoms. The quantitative estimate of drug-likeness (QED) is 0.563. The molecule has 0 saturated carbocycles. The Hall–Kier alpha value is -3.87. The number of benzene rings is 1. The Bertz CT molecular complexity index is 1400. The highest BCUT2D eigenvalue weighted by Gasteiger charge is 2.58. The molecule has 0 aliphatic carbocycles. The van der Waals surface area contributed by atoms with Crippen LogP contribution >= 0.6 is 0 Å². The summed E-state index contributed by atoms with van der Waals surface area (Å²) in [5.74, 6) is -6.31. The number of carbonyl (C=O) groups excluding carboxylic acids is 2. The van der Waals surface area contributed by atoms with Gasteiger partial charge in [-0.05, 0) is 26.7 Å². The van der Waals surface area contributed by atoms with Gasteiger partial charge in [-0.15, -0.1) is 0 Å². The van der Waals surface area contributed by atoms with E-state index < -0.39 is 75.9 Å². The fraction of sp³-hybridized carbons (Fsp3) is 0.417. The predicted octanol–water partition coefficient (Wildman–Crippen LogP) is 1.59. The summed E-state index contributed by atoms with van der Waals surface area (Å²) in [4.78, 5) is 46.3. The van der Waals surface area contributed by atoms with E-state index in [1.165, 1.54) is 9.47 Å². The van der Waals surface area contributed by atoms with E-state index in [9.17, 15) is 37.8 Å². The molecule has 4 heterocycles. The van der Waals surface area contributed by atoms with Crippen molar-refractivity contribution in [3.05, 3.63) is 62.8 Å². The molecule has 0 radical (unpaired) electrons. The summed E-state index contributed by atoms with van der Waals surface area (Å²) in [6.45, 7) is 2.70. The van der Waals surface area contributed by atoms with Gasteiger partial charge in [0.15, 0.2) is 17.0 Å². The standard InChI is InChI=1S/C24H23F3N4O6/c1-10-3-4-24(21(34)11(2)29-37-24)17-9-30(10)23(36)18-20(33)19(32)14(8-31(17)18)22(35)28-7-13-15(26)5-12(25)6-16(13)27/h5-6,8,10,17,21,33-34H,3-4,7,9H2,1-2H3,(H,28,35)/t10-,17-,21-,24+/m0/s1. The number of hydrogen-bond acceptors (Lipinski definition) is 7. The largest absolute Gasteiger partial charge is 0.503 e. The van der Waals surface area contributed by atoms with Crippen LogP contribution in [-0.2, 0) is 11.4 Å². The topological polar surface area (TPSA) is 133 Å². The molecule has 1 aromatic heterocycles. The van der Waals surface area contributed by atoms with Crippen LogP contribution in [0, 0.1) is 17.5 Å². The van der Waals surface area contributed by atoms with Crippen molar-refractivity contribution in [2.24, 2.45) is 5.16 Å². The average molecular weight is 520 g/mol. The lowest BCUT2D eigenvalue weighted by atomic mass is 9.82. The number of rotatable bonds is 3. The monoisotopic (exact) mass is 520 g/mol. The van der Waals surface area contributed by atoms with Gasteiger partial charge in [-0.2, -0.15) is 0 Å². The predicted molar refractivity (Wildman–Crippen MR) is 122 cm³/mol. The summed E-state index contributed by atoms with van der Waals surface area (Å²) in [7, 11) is 0. The van der Waals surface area contributed by atoms with E-state index in [0.29, 0.717) is 24.3 Å². The highest BCUT2D eigenvalue weighted by Crippen LogP contribution is 2.46. The second-order valence-electron chi connectivity index (χ2n) is 9.55. The van der Waals surface area contributed by atoms with E-state index in [1.807, 2.05) is 0 Å². The van der Waals surface area contributed by atoms with Gasteiger partial charge in [0.25, 0.3) is 11.8 Å². The number of carbonyl (C=O) groups is 2. The third-order valence-corrected chi connectivity index (χ3v) is 7.42. The summed E-state index contributed by atoms with van der Waals surface area (Å²) in [6, 6.07) is -0.250. The van der Waals surface area contributed by atoms with Gasteiger partial charge in [-0.3, -0.25) is 14.4 Å². The van der Waals surface area contributed by atoms with Crippen LogP contribution in [0.3, 0.4) is 0 Å². The highest BCUT2D eigenvalue weighted by atomic mass is 19.1. The molecule has 13 heteroatoms. The van der Waals surface area contributed by atoms with E-state index in [4.69, 9.17) is 4.84 Å². The molecule has 3 aliphatic rings. The third kappa shape index (κ3) is 3.67. The van der Waals surface area contributed by atoms with Crippen LogP contribution in [0.2, 0.25) is 0 Å². The van der Waals surface area contributed by atoms with Crippen LogP contribution in [0.25, 0.3) is 0 Å². The lowest BCUT2D eigenvalue weighted by Gasteiger charge is -2.43. The molecule has 196 valence electrons. The van der Waals surface area contributed by atoms with Gasteiger partial charge in [0.2, 0.25) is 5.43 Å². The van der Waals surface area contributed by atoms with E-state index in [2.05, 4.69) is 10.5 Å². The molecule has 3 N–H and O–H groups in total. The molecule has 1 aromatic carbocycles. The fourth-order valence-corrected chi connectivity index (χ4v) is 5.30. The first-order valence-electron chi connectivity index (χ1n) is 11.6. The van der Waals surface area contributed by atoms with Crippen molar-refractivity contribution in [3.63, 3.8) is 0 Å². The minimum Gasteiger partial charge on any atom is -0.503 e. The van der Waals surface area contributed by atoms with Crippen LogP contribution < -0.4 is 10.7 Å². The Morgan fingerprint density at radius 1 is 1.27 bits per heavy atom. The Labute approximate surface area is 207 Å². The van der Waals surface area contributed by atoms with Gasteiger partial charge in [-0.25, -0.2) is 13.2 Å². The number of nitrogens with one attached hydrogen (secondary N) is 1. The van der Waals surface area contributed by atoms with Crippen molar-refractivity contribution in [1.29, 1.82) is 0 Å². The van der Waals surface area contributed by atoms with E-state index in [0.717, 1.165) is 6.20 Å². The third-order valence-electron chi connectivity index (χ3n) is 7.42. The Morgan fingerprint density at radius 2 is 1.95 bits per heavy atom. The molecule has 0 unspecified atom stereocenters. The number of aromatic nitrogens is 1. The maximum Gasteiger partial charge on any atom is 0.274 e. The van der Waals surface area contributed by atoms with Gasteiger partial charge >= 0.3 is 0 Å². The lowest BCUT2D eigenvalue weighted by molar-refractivity contribution is -0.114. The molecular formula is C24H23F3N4O6. The molecule has 1 saturated heterocycles. The second kappa shape index (κ2) is 8.61. The number of pyridine rings is 1. The van der Waals surface area contributed by atoms with Gasteiger partial charge in [0.1, 0.15) is 29.1 Å². The van der Waals surface area contributed by atoms with Crippen LogP contribution in [0.1, 0.15) is 59.1 Å². The number of oxime groups is 1. The lowest BCUT2D eigenvalue weighted by Crippen LogP contribution is -2.56. The van der Waals surface area contributed by atoms with E-state index >= 15 is 0 Å². The number of aliphatic hydroxyl groups is 1. The van der Waals surface area contributed by atoms with Gasteiger partial charge in [0, 0.05) is 43.0 Å². The number of amides is 2. The number of nitrogens with zero attached hydrogens (tertiary/aromatic N) is 3. The maximum atomic E-state index is 14.0. The molecule has 1 fully saturated rings. The summed E-state index contributed by atoms with van der Waals surface area (Å²) in [5, 5.41) is 27.9.